The predicted octanol–water partition coefficient (Wildman–Crippen LogP) is 4.97. The molecule has 0 N–H and O–H groups in total. The van der Waals surface area contributed by atoms with Gasteiger partial charge in [-0.2, -0.15) is 9.78 Å². The van der Waals surface area contributed by atoms with E-state index in [4.69, 9.17) is 11.4 Å². The Kier molecular flexibility index (Phi) is 5.82. The Hall–Kier alpha value is -3.17. The lowest BCUT2D eigenvalue weighted by Crippen LogP contribution is -2.22. The van der Waals surface area contributed by atoms with Gasteiger partial charge in [-0.1, -0.05) is 53.4 Å². The second-order valence-electron chi connectivity index (χ2n) is 7.09. The molecule has 150 valence electrons. The van der Waals surface area contributed by atoms with Crippen LogP contribution < -0.4 is 5.56 Å². The maximum atomic E-state index is 13.2. The van der Waals surface area contributed by atoms with Gasteiger partial charge in [0, 0.05) is 33.6 Å². The predicted molar refractivity (Wildman–Crippen MR) is 126 cm³/mol. The van der Waals surface area contributed by atoms with Crippen molar-refractivity contribution in [2.45, 2.75) is 32.7 Å². The summed E-state index contributed by atoms with van der Waals surface area (Å²) in [5.41, 5.74) is 2.46. The van der Waals surface area contributed by atoms with Crippen LogP contribution in [0.2, 0.25) is 0 Å². The molecule has 4 aromatic rings. The van der Waals surface area contributed by atoms with E-state index in [-0.39, 0.29) is 5.56 Å². The lowest BCUT2D eigenvalue weighted by atomic mass is 10.2. The summed E-state index contributed by atoms with van der Waals surface area (Å²) >= 11 is 3.44. The molecule has 0 aliphatic rings. The van der Waals surface area contributed by atoms with Crippen molar-refractivity contribution >= 4 is 44.0 Å². The summed E-state index contributed by atoms with van der Waals surface area (Å²) in [6.45, 7) is 2.59. The first-order valence-electron chi connectivity index (χ1n) is 9.89. The van der Waals surface area contributed by atoms with Crippen molar-refractivity contribution in [3.8, 4) is 12.3 Å². The van der Waals surface area contributed by atoms with Gasteiger partial charge in [-0.25, -0.2) is 4.98 Å². The van der Waals surface area contributed by atoms with Crippen molar-refractivity contribution in [2.24, 2.45) is 5.10 Å². The minimum Gasteiger partial charge on any atom is -0.335 e. The highest BCUT2D eigenvalue weighted by Gasteiger charge is 2.12. The minimum atomic E-state index is -0.170. The first-order valence-corrected chi connectivity index (χ1v) is 10.7. The first-order chi connectivity index (χ1) is 14.6. The Balaban J connectivity index is 1.86. The lowest BCUT2D eigenvalue weighted by Gasteiger charge is -2.09. The van der Waals surface area contributed by atoms with Crippen LogP contribution in [0.4, 0.5) is 0 Å². The number of rotatable bonds is 6. The summed E-state index contributed by atoms with van der Waals surface area (Å²) in [6, 6.07) is 13.6. The fourth-order valence-corrected chi connectivity index (χ4v) is 3.90. The number of unbranched alkanes of at least 4 members (excludes halogenated alkanes) is 1. The van der Waals surface area contributed by atoms with Crippen LogP contribution in [0.1, 0.15) is 31.2 Å². The molecule has 0 saturated carbocycles. The van der Waals surface area contributed by atoms with E-state index in [9.17, 15) is 4.79 Å². The summed E-state index contributed by atoms with van der Waals surface area (Å²) in [6.07, 6.45) is 11.8. The Morgan fingerprint density at radius 2 is 2.07 bits per heavy atom. The number of aromatic nitrogens is 3. The molecule has 2 aromatic carbocycles. The number of halogens is 1. The molecule has 0 radical (unpaired) electrons. The van der Waals surface area contributed by atoms with Gasteiger partial charge in [0.2, 0.25) is 0 Å². The largest absolute Gasteiger partial charge is 0.335 e. The molecule has 30 heavy (non-hydrogen) atoms. The maximum absolute atomic E-state index is 13.2. The van der Waals surface area contributed by atoms with E-state index >= 15 is 0 Å². The molecule has 0 unspecified atom stereocenters. The highest BCUT2D eigenvalue weighted by atomic mass is 79.9. The van der Waals surface area contributed by atoms with Crippen LogP contribution in [0, 0.1) is 12.3 Å². The second-order valence-corrected chi connectivity index (χ2v) is 8.00. The summed E-state index contributed by atoms with van der Waals surface area (Å²) < 4.78 is 4.27. The molecule has 0 amide bonds. The fourth-order valence-electron chi connectivity index (χ4n) is 3.54. The van der Waals surface area contributed by atoms with E-state index in [1.807, 2.05) is 47.2 Å². The van der Waals surface area contributed by atoms with Gasteiger partial charge in [0.1, 0.15) is 5.82 Å². The first kappa shape index (κ1) is 20.1. The van der Waals surface area contributed by atoms with E-state index in [0.717, 1.165) is 33.8 Å². The number of terminal acetylenes is 1. The van der Waals surface area contributed by atoms with Gasteiger partial charge < -0.3 is 4.57 Å². The molecule has 0 aliphatic carbocycles. The standard InChI is InChI=1S/C24H21BrN4O/c1-3-5-10-23-27-21-12-11-18(25)14-20(21)24(30)29(23)26-15-17-16-28(13-4-2)22-9-7-6-8-19(17)22/h2,6-9,11-12,14-16H,3,5,10,13H2,1H3. The Morgan fingerprint density at radius 1 is 1.23 bits per heavy atom. The number of hydrogen-bond acceptors (Lipinski definition) is 3. The molecule has 0 fully saturated rings. The normalized spacial score (nSPS) is 11.5. The highest BCUT2D eigenvalue weighted by Crippen LogP contribution is 2.20. The van der Waals surface area contributed by atoms with Gasteiger partial charge in [0.15, 0.2) is 0 Å². The Bertz CT molecular complexity index is 1360. The molecule has 0 bridgehead atoms. The van der Waals surface area contributed by atoms with Crippen LogP contribution in [0.15, 0.2) is 63.0 Å². The van der Waals surface area contributed by atoms with Crippen molar-refractivity contribution in [1.29, 1.82) is 0 Å². The third-order valence-electron chi connectivity index (χ3n) is 5.02. The molecular formula is C24H21BrN4O. The van der Waals surface area contributed by atoms with E-state index < -0.39 is 0 Å². The van der Waals surface area contributed by atoms with Crippen molar-refractivity contribution < 1.29 is 0 Å². The lowest BCUT2D eigenvalue weighted by molar-refractivity contribution is 0.675. The number of hydrogen-bond donors (Lipinski definition) is 0. The van der Waals surface area contributed by atoms with Crippen LogP contribution in [-0.4, -0.2) is 20.4 Å². The molecule has 0 atom stereocenters. The maximum Gasteiger partial charge on any atom is 0.282 e. The summed E-state index contributed by atoms with van der Waals surface area (Å²) in [5, 5.41) is 6.15. The van der Waals surface area contributed by atoms with Crippen molar-refractivity contribution in [1.82, 2.24) is 14.2 Å². The molecule has 5 nitrogen and oxygen atoms in total. The van der Waals surface area contributed by atoms with Crippen LogP contribution in [0.5, 0.6) is 0 Å². The zero-order valence-electron chi connectivity index (χ0n) is 16.7. The number of fused-ring (bicyclic) bond motifs is 2. The van der Waals surface area contributed by atoms with Gasteiger partial charge >= 0.3 is 0 Å². The van der Waals surface area contributed by atoms with Crippen LogP contribution in [0.25, 0.3) is 21.8 Å². The number of para-hydroxylation sites is 1. The third kappa shape index (κ3) is 3.81. The monoisotopic (exact) mass is 460 g/mol. The molecule has 2 heterocycles. The molecule has 0 spiro atoms. The van der Waals surface area contributed by atoms with E-state index in [1.54, 1.807) is 12.3 Å². The number of nitrogens with zero attached hydrogens (tertiary/aromatic N) is 4. The van der Waals surface area contributed by atoms with Crippen LogP contribution >= 0.6 is 15.9 Å². The minimum absolute atomic E-state index is 0.170. The summed E-state index contributed by atoms with van der Waals surface area (Å²) in [5.74, 6) is 3.35. The van der Waals surface area contributed by atoms with E-state index in [2.05, 4.69) is 33.9 Å². The quantitative estimate of drug-likeness (QED) is 0.301. The number of aryl methyl sites for hydroxylation is 1. The SMILES string of the molecule is C#CCn1cc(C=Nn2c(CCCC)nc3ccc(Br)cc3c2=O)c2ccccc21. The topological polar surface area (TPSA) is 52.2 Å². The van der Waals surface area contributed by atoms with Crippen molar-refractivity contribution in [2.75, 3.05) is 0 Å². The van der Waals surface area contributed by atoms with E-state index in [0.29, 0.717) is 29.7 Å². The van der Waals surface area contributed by atoms with Crippen molar-refractivity contribution in [3.63, 3.8) is 0 Å². The Labute approximate surface area is 183 Å². The molecule has 4 rings (SSSR count). The zero-order valence-corrected chi connectivity index (χ0v) is 18.3. The number of benzene rings is 2. The van der Waals surface area contributed by atoms with Gasteiger partial charge in [-0.3, -0.25) is 4.79 Å². The van der Waals surface area contributed by atoms with Crippen molar-refractivity contribution in [3.05, 3.63) is 74.9 Å². The van der Waals surface area contributed by atoms with Crippen LogP contribution in [0.3, 0.4) is 0 Å². The highest BCUT2D eigenvalue weighted by molar-refractivity contribution is 9.10. The average molecular weight is 461 g/mol. The van der Waals surface area contributed by atoms with E-state index in [1.165, 1.54) is 4.68 Å². The summed E-state index contributed by atoms with van der Waals surface area (Å²) in [4.78, 5) is 17.9. The van der Waals surface area contributed by atoms with Crippen LogP contribution in [-0.2, 0) is 13.0 Å². The van der Waals surface area contributed by atoms with Gasteiger partial charge in [-0.05, 0) is 30.7 Å². The third-order valence-corrected chi connectivity index (χ3v) is 5.52. The van der Waals surface area contributed by atoms with Gasteiger partial charge in [0.25, 0.3) is 5.56 Å². The molecule has 0 aliphatic heterocycles. The Morgan fingerprint density at radius 3 is 2.87 bits per heavy atom. The van der Waals surface area contributed by atoms with Gasteiger partial charge in [0.05, 0.1) is 23.7 Å². The molecule has 0 saturated heterocycles. The molecular weight excluding hydrogens is 440 g/mol. The molecule has 2 aromatic heterocycles. The summed E-state index contributed by atoms with van der Waals surface area (Å²) in [7, 11) is 0. The van der Waals surface area contributed by atoms with Gasteiger partial charge in [-0.15, -0.1) is 6.42 Å². The molecule has 6 heteroatoms. The zero-order chi connectivity index (χ0) is 21.1. The average Bonchev–Trinajstić information content (AvgIpc) is 3.10. The fraction of sp³-hybridized carbons (Fsp3) is 0.208. The smallest absolute Gasteiger partial charge is 0.282 e. The second kappa shape index (κ2) is 8.68.